The van der Waals surface area contributed by atoms with Gasteiger partial charge in [-0.1, -0.05) is 71.9 Å². The molecular formula is C79H97N21O14S4. The molecule has 1 fully saturated rings. The lowest BCUT2D eigenvalue weighted by Gasteiger charge is -2.09. The van der Waals surface area contributed by atoms with Crippen molar-refractivity contribution in [3.05, 3.63) is 183 Å². The second kappa shape index (κ2) is 36.2. The smallest absolute Gasteiger partial charge is 0.262 e. The summed E-state index contributed by atoms with van der Waals surface area (Å²) in [4.78, 5) is 97.1. The molecular weight excluding hydrogens is 1600 g/mol. The fraction of sp³-hybridized carbons (Fsp3) is 0.241. The average Bonchev–Trinajstić information content (AvgIpc) is 1.74. The van der Waals surface area contributed by atoms with Crippen molar-refractivity contribution in [2.75, 3.05) is 41.1 Å². The van der Waals surface area contributed by atoms with Crippen molar-refractivity contribution in [2.45, 2.75) is 115 Å². The van der Waals surface area contributed by atoms with Gasteiger partial charge < -0.3 is 50.7 Å². The van der Waals surface area contributed by atoms with Crippen LogP contribution >= 0.6 is 0 Å². The summed E-state index contributed by atoms with van der Waals surface area (Å²) < 4.78 is 109. The molecule has 14 aromatic rings. The van der Waals surface area contributed by atoms with Gasteiger partial charge in [0, 0.05) is 66.5 Å². The minimum atomic E-state index is -3.35. The summed E-state index contributed by atoms with van der Waals surface area (Å²) in [6, 6.07) is 36.9. The molecule has 1 aliphatic heterocycles. The molecule has 35 nitrogen and oxygen atoms in total. The van der Waals surface area contributed by atoms with E-state index in [0.717, 1.165) is 5.56 Å². The van der Waals surface area contributed by atoms with Crippen molar-refractivity contribution < 1.29 is 75.2 Å². The highest BCUT2D eigenvalue weighted by atomic mass is 32.2. The maximum Gasteiger partial charge on any atom is 0.262 e. The third kappa shape index (κ3) is 19.6. The lowest BCUT2D eigenvalue weighted by molar-refractivity contribution is -0.120. The SMILES string of the molecule is CC(C)S(=O)(=O)c1ccc(-c2cnc3[nH]cc(NC(=O)C4CCOC4)c3n2)cc1.CC(C)S(=O)(=O)c1ccc(-c2cnc3[nH]cc(NC(=O)CC#N)c3n2)cc1.CC(C)S(=O)(=O)c1ccc(-c2cnc3[nH]cc(NC(=O)COc4ccccc4)c3n2)cc1.CC(C)S(=O)(=O)c1ccc(-c2cnc3[nH]cc(NC(=O)Cc4nn[nH]n4)c3n2)cc1.[HH].[HH].[HH].[HH].[HH].[HH].[HH].[HH].[HH]. The van der Waals surface area contributed by atoms with Crippen LogP contribution in [0.1, 0.15) is 86.9 Å². The molecule has 1 saturated heterocycles. The number of sulfone groups is 4. The van der Waals surface area contributed by atoms with Crippen LogP contribution in [0.2, 0.25) is 0 Å². The van der Waals surface area contributed by atoms with Crippen molar-refractivity contribution in [3.8, 4) is 56.8 Å². The Morgan fingerprint density at radius 2 is 0.814 bits per heavy atom. The molecule has 4 amide bonds. The highest BCUT2D eigenvalue weighted by molar-refractivity contribution is 7.92. The van der Waals surface area contributed by atoms with Crippen molar-refractivity contribution in [1.29, 1.82) is 5.26 Å². The number of nitrogens with zero attached hydrogens (tertiary/aromatic N) is 12. The highest BCUT2D eigenvalue weighted by Gasteiger charge is 2.27. The van der Waals surface area contributed by atoms with Gasteiger partial charge in [0.05, 0.1) is 136 Å². The summed E-state index contributed by atoms with van der Waals surface area (Å²) in [5.74, 6) is -0.473. The number of rotatable bonds is 23. The number of nitriles is 1. The Morgan fingerprint density at radius 1 is 0.475 bits per heavy atom. The number of anilines is 4. The average molecular weight is 1690 g/mol. The fourth-order valence-electron chi connectivity index (χ4n) is 11.5. The Bertz CT molecular complexity index is 6560. The molecule has 39 heteroatoms. The molecule has 15 rings (SSSR count). The molecule has 9 N–H and O–H groups in total. The number of ether oxygens (including phenoxy) is 2. The molecule has 10 heterocycles. The van der Waals surface area contributed by atoms with Gasteiger partial charge in [-0.15, -0.1) is 10.2 Å². The number of H-pyrrole nitrogens is 5. The molecule has 9 aromatic heterocycles. The summed E-state index contributed by atoms with van der Waals surface area (Å²) in [7, 11) is -13.4. The first kappa shape index (κ1) is 84.0. The summed E-state index contributed by atoms with van der Waals surface area (Å²) in [6.45, 7) is 14.0. The highest BCUT2D eigenvalue weighted by Crippen LogP contribution is 2.32. The minimum absolute atomic E-state index is 0. The zero-order valence-corrected chi connectivity index (χ0v) is 67.9. The number of nitrogens with one attached hydrogen (secondary N) is 9. The zero-order valence-electron chi connectivity index (χ0n) is 64.6. The van der Waals surface area contributed by atoms with Gasteiger partial charge >= 0.3 is 0 Å². The van der Waals surface area contributed by atoms with E-state index in [9.17, 15) is 52.8 Å². The molecule has 5 aromatic carbocycles. The number of amides is 4. The van der Waals surface area contributed by atoms with Crippen LogP contribution in [-0.4, -0.2) is 179 Å². The van der Waals surface area contributed by atoms with Crippen molar-refractivity contribution >= 4 is 130 Å². The van der Waals surface area contributed by atoms with Gasteiger partial charge in [0.2, 0.25) is 17.7 Å². The van der Waals surface area contributed by atoms with Gasteiger partial charge in [-0.25, -0.2) is 73.5 Å². The second-order valence-corrected chi connectivity index (χ2v) is 37.7. The van der Waals surface area contributed by atoms with Gasteiger partial charge in [-0.3, -0.25) is 19.2 Å². The molecule has 1 aliphatic rings. The number of para-hydroxylation sites is 1. The number of benzene rings is 5. The molecule has 1 unspecified atom stereocenters. The first-order chi connectivity index (χ1) is 56.4. The number of aromatic nitrogens is 16. The zero-order chi connectivity index (χ0) is 84.2. The predicted octanol–water partition coefficient (Wildman–Crippen LogP) is 13.0. The van der Waals surface area contributed by atoms with E-state index in [0.29, 0.717) is 132 Å². The van der Waals surface area contributed by atoms with Crippen LogP contribution in [0, 0.1) is 17.2 Å². The van der Waals surface area contributed by atoms with Crippen molar-refractivity contribution in [1.82, 2.24) is 80.4 Å². The number of carbonyl (C=O) groups is 4. The normalized spacial score (nSPS) is 13.0. The van der Waals surface area contributed by atoms with E-state index in [-0.39, 0.29) is 81.3 Å². The Balaban J connectivity index is 0.000000427. The number of fused-ring (bicyclic) bond motifs is 4. The van der Waals surface area contributed by atoms with E-state index in [2.05, 4.69) is 102 Å². The molecule has 0 spiro atoms. The van der Waals surface area contributed by atoms with Crippen LogP contribution in [0.15, 0.2) is 197 Å². The second-order valence-electron chi connectivity index (χ2n) is 27.7. The summed E-state index contributed by atoms with van der Waals surface area (Å²) >= 11 is 0. The van der Waals surface area contributed by atoms with Crippen LogP contribution in [0.4, 0.5) is 22.7 Å². The van der Waals surface area contributed by atoms with Crippen LogP contribution in [0.5, 0.6) is 5.75 Å². The number of hydrogen-bond acceptors (Lipinski definition) is 26. The van der Waals surface area contributed by atoms with Crippen molar-refractivity contribution in [3.63, 3.8) is 0 Å². The number of hydrogen-bond donors (Lipinski definition) is 9. The summed E-state index contributed by atoms with van der Waals surface area (Å²) in [5.41, 5.74) is 11.1. The lowest BCUT2D eigenvalue weighted by atomic mass is 10.1. The third-order valence-corrected chi connectivity index (χ3v) is 27.0. The van der Waals surface area contributed by atoms with Crippen LogP contribution in [0.25, 0.3) is 89.7 Å². The number of carbonyl (C=O) groups excluding carboxylic acids is 4. The Labute approximate surface area is 689 Å². The largest absolute Gasteiger partial charge is 0.484 e. The molecule has 0 aliphatic carbocycles. The van der Waals surface area contributed by atoms with Gasteiger partial charge in [0.1, 0.15) is 34.2 Å². The minimum Gasteiger partial charge on any atom is -0.484 e. The Kier molecular flexibility index (Phi) is 25.7. The standard InChI is InChI=1S/C23H22N4O4S.C20H22N4O4S.C18H18N8O3S.C18H17N5O3S.9H2/c1-15(2)32(29,30)18-10-8-16(9-11-18)19-12-24-23-22(27-19)20(13-25-23)26-21(28)14-31-17-6-4-3-5-7-17;1-12(2)29(26,27)15-5-3-13(4-6-15)16-9-21-19-18(23-16)17(10-22-19)24-20(25)14-7-8-28-11-14;1-10(2)30(28,29)12-5-3-11(4-6-12)13-8-19-18-17(22-13)14(9-20-18)21-16(27)7-15-23-25-26-24-15;1-11(2)27(25,26)13-5-3-12(4-6-13)14-9-20-18-17(23-14)15(10-21-18)22-16(24)7-8-19;;;;;;;;;/h3-13,15H,14H2,1-2H3,(H,24,25)(H,26,28);3-6,9-10,12,14H,7-8,11H2,1-2H3,(H,21,22)(H,24,25);3-6,8-10H,7H2,1-2H3,(H,19,20)(H,21,27)(H,23,24,25,26);3-6,9-11H,7H2,1-2H3,(H,20,21)(H,22,24);9*1H. The van der Waals surface area contributed by atoms with Gasteiger partial charge in [-0.2, -0.15) is 10.5 Å². The number of aromatic amines is 5. The van der Waals surface area contributed by atoms with Gasteiger partial charge in [0.15, 0.2) is 74.4 Å². The maximum absolute atomic E-state index is 12.4. The molecule has 1 atom stereocenters. The van der Waals surface area contributed by atoms with Crippen molar-refractivity contribution in [2.24, 2.45) is 5.92 Å². The molecule has 0 radical (unpaired) electrons. The van der Waals surface area contributed by atoms with E-state index in [1.165, 1.54) is 0 Å². The van der Waals surface area contributed by atoms with Crippen LogP contribution in [-0.2, 0) is 69.7 Å². The summed E-state index contributed by atoms with van der Waals surface area (Å²) in [5, 5.41) is 30.9. The third-order valence-electron chi connectivity index (χ3n) is 18.4. The first-order valence-corrected chi connectivity index (χ1v) is 42.9. The predicted molar refractivity (Wildman–Crippen MR) is 459 cm³/mol. The molecule has 626 valence electrons. The maximum atomic E-state index is 12.4. The fourth-order valence-corrected chi connectivity index (χ4v) is 15.8. The number of tetrazole rings is 1. The molecule has 118 heavy (non-hydrogen) atoms. The molecule has 0 bridgehead atoms. The monoisotopic (exact) mass is 1690 g/mol. The van der Waals surface area contributed by atoms with E-state index in [4.69, 9.17) is 14.7 Å². The molecule has 0 saturated carbocycles. The van der Waals surface area contributed by atoms with E-state index in [1.807, 2.05) is 18.2 Å². The quantitative estimate of drug-likeness (QED) is 0.0287. The summed E-state index contributed by atoms with van der Waals surface area (Å²) in [6.07, 6.45) is 13.2. The Morgan fingerprint density at radius 3 is 1.13 bits per heavy atom. The van der Waals surface area contributed by atoms with Gasteiger partial charge in [0.25, 0.3) is 5.91 Å². The van der Waals surface area contributed by atoms with Gasteiger partial charge in [-0.05, 0) is 122 Å². The lowest BCUT2D eigenvalue weighted by Crippen LogP contribution is -2.22. The van der Waals surface area contributed by atoms with E-state index in [1.54, 1.807) is 220 Å². The van der Waals surface area contributed by atoms with E-state index < -0.39 is 66.3 Å². The Hall–Kier alpha value is -13.4. The van der Waals surface area contributed by atoms with E-state index >= 15 is 0 Å². The topological polar surface area (TPSA) is 516 Å². The van der Waals surface area contributed by atoms with Crippen LogP contribution in [0.3, 0.4) is 0 Å². The van der Waals surface area contributed by atoms with Crippen LogP contribution < -0.4 is 26.0 Å². The first-order valence-electron chi connectivity index (χ1n) is 36.7.